The molecule has 2 aliphatic rings. The van der Waals surface area contributed by atoms with Gasteiger partial charge in [0, 0.05) is 30.4 Å². The number of alkyl halides is 3. The van der Waals surface area contributed by atoms with Gasteiger partial charge in [-0.15, -0.1) is 10.2 Å². The first-order valence-electron chi connectivity index (χ1n) is 10.8. The molecule has 0 unspecified atom stereocenters. The first kappa shape index (κ1) is 21.7. The number of methoxy groups -OCH3 is 1. The number of fused-ring (bicyclic) bond motifs is 1. The van der Waals surface area contributed by atoms with Gasteiger partial charge in [-0.2, -0.15) is 18.2 Å². The molecule has 0 amide bonds. The number of rotatable bonds is 6. The zero-order valence-electron chi connectivity index (χ0n) is 18.0. The topological polar surface area (TPSA) is 98.5 Å². The Balaban J connectivity index is 1.33. The van der Waals surface area contributed by atoms with E-state index in [-0.39, 0.29) is 29.8 Å². The highest BCUT2D eigenvalue weighted by atomic mass is 19.4. The molecule has 2 N–H and O–H groups in total. The van der Waals surface area contributed by atoms with Gasteiger partial charge < -0.3 is 20.1 Å². The largest absolute Gasteiger partial charge is 0.497 e. The molecule has 33 heavy (non-hydrogen) atoms. The quantitative estimate of drug-likeness (QED) is 0.573. The molecule has 0 aromatic carbocycles. The minimum absolute atomic E-state index is 0.00553. The molecule has 3 aromatic rings. The molecule has 0 bridgehead atoms. The highest BCUT2D eigenvalue weighted by molar-refractivity contribution is 5.50. The molecule has 1 aliphatic carbocycles. The van der Waals surface area contributed by atoms with Crippen LogP contribution in [0.4, 0.5) is 24.9 Å². The number of ether oxygens (including phenoxy) is 2. The fraction of sp³-hybridized carbons (Fsp3) is 0.524. The van der Waals surface area contributed by atoms with Crippen LogP contribution in [0.2, 0.25) is 0 Å². The van der Waals surface area contributed by atoms with E-state index in [4.69, 9.17) is 9.47 Å². The lowest BCUT2D eigenvalue weighted by Crippen LogP contribution is -2.41. The van der Waals surface area contributed by atoms with Crippen molar-refractivity contribution >= 4 is 17.4 Å². The molecular weight excluding hydrogens is 439 g/mol. The minimum Gasteiger partial charge on any atom is -0.497 e. The summed E-state index contributed by atoms with van der Waals surface area (Å²) in [5.74, 6) is 1.67. The fourth-order valence-electron chi connectivity index (χ4n) is 4.32. The number of hydrogen-bond acceptors (Lipinski definition) is 8. The van der Waals surface area contributed by atoms with Gasteiger partial charge in [-0.05, 0) is 25.3 Å². The SMILES string of the molecule is COc1ccn2c([C@H]3CCC[C@@H](Nc4ncc(C(F)(F)F)c(NC5COC5)n4)C3)nnc2c1. The van der Waals surface area contributed by atoms with E-state index in [1.54, 1.807) is 7.11 Å². The summed E-state index contributed by atoms with van der Waals surface area (Å²) in [6, 6.07) is 3.50. The van der Waals surface area contributed by atoms with Crippen molar-refractivity contribution in [3.05, 3.63) is 35.9 Å². The van der Waals surface area contributed by atoms with Crippen LogP contribution >= 0.6 is 0 Å². The van der Waals surface area contributed by atoms with Crippen LogP contribution in [-0.4, -0.2) is 57.0 Å². The maximum absolute atomic E-state index is 13.4. The summed E-state index contributed by atoms with van der Waals surface area (Å²) >= 11 is 0. The smallest absolute Gasteiger partial charge is 0.421 e. The third-order valence-corrected chi connectivity index (χ3v) is 6.09. The summed E-state index contributed by atoms with van der Waals surface area (Å²) in [6.07, 6.45) is 1.68. The van der Waals surface area contributed by atoms with Gasteiger partial charge in [-0.25, -0.2) is 4.98 Å². The Hall–Kier alpha value is -3.15. The zero-order valence-corrected chi connectivity index (χ0v) is 18.0. The van der Waals surface area contributed by atoms with Gasteiger partial charge in [-0.3, -0.25) is 4.40 Å². The second-order valence-electron chi connectivity index (χ2n) is 8.39. The van der Waals surface area contributed by atoms with Gasteiger partial charge in [0.2, 0.25) is 5.95 Å². The summed E-state index contributed by atoms with van der Waals surface area (Å²) < 4.78 is 52.5. The van der Waals surface area contributed by atoms with Crippen molar-refractivity contribution in [2.24, 2.45) is 0 Å². The number of nitrogens with zero attached hydrogens (tertiary/aromatic N) is 5. The van der Waals surface area contributed by atoms with Crippen LogP contribution in [0.25, 0.3) is 5.65 Å². The molecule has 9 nitrogen and oxygen atoms in total. The van der Waals surface area contributed by atoms with Crippen molar-refractivity contribution in [3.8, 4) is 5.75 Å². The van der Waals surface area contributed by atoms with E-state index in [1.807, 2.05) is 22.7 Å². The van der Waals surface area contributed by atoms with Gasteiger partial charge in [0.05, 0.1) is 26.4 Å². The Morgan fingerprint density at radius 1 is 1.15 bits per heavy atom. The first-order chi connectivity index (χ1) is 15.9. The lowest BCUT2D eigenvalue weighted by atomic mass is 9.85. The molecule has 1 saturated heterocycles. The van der Waals surface area contributed by atoms with Crippen molar-refractivity contribution in [2.45, 2.75) is 49.9 Å². The molecule has 2 atom stereocenters. The van der Waals surface area contributed by atoms with Crippen LogP contribution in [0.1, 0.15) is 43.0 Å². The maximum Gasteiger partial charge on any atom is 0.421 e. The second kappa shape index (κ2) is 8.65. The molecular formula is C21H24F3N7O2. The molecule has 1 saturated carbocycles. The Kier molecular flexibility index (Phi) is 5.69. The summed E-state index contributed by atoms with van der Waals surface area (Å²) in [4.78, 5) is 8.10. The van der Waals surface area contributed by atoms with Gasteiger partial charge in [-0.1, -0.05) is 6.42 Å². The Morgan fingerprint density at radius 2 is 2.00 bits per heavy atom. The molecule has 176 valence electrons. The van der Waals surface area contributed by atoms with E-state index < -0.39 is 11.7 Å². The van der Waals surface area contributed by atoms with Crippen molar-refractivity contribution in [1.82, 2.24) is 24.6 Å². The van der Waals surface area contributed by atoms with Crippen LogP contribution in [0.5, 0.6) is 5.75 Å². The number of halogens is 3. The normalized spacial score (nSPS) is 21.6. The summed E-state index contributed by atoms with van der Waals surface area (Å²) in [5, 5.41) is 14.7. The lowest BCUT2D eigenvalue weighted by molar-refractivity contribution is -0.137. The van der Waals surface area contributed by atoms with E-state index in [2.05, 4.69) is 30.8 Å². The van der Waals surface area contributed by atoms with Crippen LogP contribution in [0.15, 0.2) is 24.5 Å². The average molecular weight is 463 g/mol. The van der Waals surface area contributed by atoms with Crippen LogP contribution in [0, 0.1) is 0 Å². The highest BCUT2D eigenvalue weighted by Crippen LogP contribution is 2.36. The molecule has 0 radical (unpaired) electrons. The van der Waals surface area contributed by atoms with Crippen LogP contribution < -0.4 is 15.4 Å². The number of aromatic nitrogens is 5. The monoisotopic (exact) mass is 463 g/mol. The van der Waals surface area contributed by atoms with Gasteiger partial charge >= 0.3 is 6.18 Å². The maximum atomic E-state index is 13.4. The van der Waals surface area contributed by atoms with E-state index in [0.29, 0.717) is 24.6 Å². The van der Waals surface area contributed by atoms with Crippen molar-refractivity contribution in [3.63, 3.8) is 0 Å². The Morgan fingerprint density at radius 3 is 2.73 bits per heavy atom. The van der Waals surface area contributed by atoms with Crippen molar-refractivity contribution in [1.29, 1.82) is 0 Å². The second-order valence-corrected chi connectivity index (χ2v) is 8.39. The van der Waals surface area contributed by atoms with Crippen molar-refractivity contribution < 1.29 is 22.6 Å². The molecule has 3 aromatic heterocycles. The molecule has 2 fully saturated rings. The fourth-order valence-corrected chi connectivity index (χ4v) is 4.32. The molecule has 4 heterocycles. The van der Waals surface area contributed by atoms with Crippen LogP contribution in [-0.2, 0) is 10.9 Å². The van der Waals surface area contributed by atoms with E-state index in [9.17, 15) is 13.2 Å². The predicted molar refractivity (Wildman–Crippen MR) is 113 cm³/mol. The molecule has 1 aliphatic heterocycles. The number of nitrogens with one attached hydrogen (secondary N) is 2. The molecule has 12 heteroatoms. The van der Waals surface area contributed by atoms with E-state index in [1.165, 1.54) is 0 Å². The van der Waals surface area contributed by atoms with Crippen LogP contribution in [0.3, 0.4) is 0 Å². The lowest BCUT2D eigenvalue weighted by Gasteiger charge is -2.30. The van der Waals surface area contributed by atoms with E-state index >= 15 is 0 Å². The predicted octanol–water partition coefficient (Wildman–Crippen LogP) is 3.50. The van der Waals surface area contributed by atoms with Gasteiger partial charge in [0.1, 0.15) is 23.0 Å². The van der Waals surface area contributed by atoms with Gasteiger partial charge in [0.25, 0.3) is 0 Å². The summed E-state index contributed by atoms with van der Waals surface area (Å²) in [6.45, 7) is 0.707. The van der Waals surface area contributed by atoms with E-state index in [0.717, 1.165) is 37.7 Å². The molecule has 0 spiro atoms. The average Bonchev–Trinajstić information content (AvgIpc) is 3.19. The van der Waals surface area contributed by atoms with Crippen molar-refractivity contribution in [2.75, 3.05) is 31.0 Å². The highest BCUT2D eigenvalue weighted by Gasteiger charge is 2.37. The molecule has 5 rings (SSSR count). The summed E-state index contributed by atoms with van der Waals surface area (Å²) in [5.41, 5.74) is -0.173. The third-order valence-electron chi connectivity index (χ3n) is 6.09. The third kappa shape index (κ3) is 4.52. The number of anilines is 2. The standard InChI is InChI=1S/C21H24F3N7O2/c1-32-15-5-6-31-17(8-15)29-30-19(31)12-3-2-4-13(7-12)27-20-25-9-16(21(22,23)24)18(28-20)26-14-10-33-11-14/h5-6,8-9,12-14H,2-4,7,10-11H2,1H3,(H2,25,26,27,28)/t12-,13+/m0/s1. The summed E-state index contributed by atoms with van der Waals surface area (Å²) in [7, 11) is 1.60. The number of pyridine rings is 1. The zero-order chi connectivity index (χ0) is 23.0. The minimum atomic E-state index is -4.54. The first-order valence-corrected chi connectivity index (χ1v) is 10.8. The number of hydrogen-bond donors (Lipinski definition) is 2. The Labute approximate surface area is 187 Å². The van der Waals surface area contributed by atoms with Gasteiger partial charge in [0.15, 0.2) is 5.65 Å². The Bertz CT molecular complexity index is 1130.